The van der Waals surface area contributed by atoms with E-state index in [2.05, 4.69) is 24.3 Å². The van der Waals surface area contributed by atoms with Crippen molar-refractivity contribution in [1.29, 1.82) is 0 Å². The Balaban J connectivity index is 3.27. The van der Waals surface area contributed by atoms with Crippen molar-refractivity contribution in [2.24, 2.45) is 0 Å². The number of rotatable bonds is 8. The van der Waals surface area contributed by atoms with Crippen LogP contribution in [-0.2, 0) is 4.74 Å². The molecule has 80 valence electrons. The fourth-order valence-electron chi connectivity index (χ4n) is 1.08. The fraction of sp³-hybridized carbons (Fsp3) is 1.00. The molecule has 0 aromatic carbocycles. The Kier molecular flexibility index (Phi) is 8.33. The Morgan fingerprint density at radius 3 is 2.62 bits per heavy atom. The first-order chi connectivity index (χ1) is 6.20. The van der Waals surface area contributed by atoms with Crippen LogP contribution in [0.1, 0.15) is 6.42 Å². The van der Waals surface area contributed by atoms with Gasteiger partial charge >= 0.3 is 0 Å². The molecule has 0 heterocycles. The van der Waals surface area contributed by atoms with E-state index in [9.17, 15) is 0 Å². The number of hydrogen-bond acceptors (Lipinski definition) is 4. The molecule has 0 radical (unpaired) electrons. The van der Waals surface area contributed by atoms with E-state index in [-0.39, 0.29) is 12.6 Å². The Hall–Kier alpha value is -0.160. The molecule has 13 heavy (non-hydrogen) atoms. The van der Waals surface area contributed by atoms with Crippen LogP contribution in [-0.4, -0.2) is 63.6 Å². The first-order valence-electron chi connectivity index (χ1n) is 4.68. The van der Waals surface area contributed by atoms with E-state index in [0.717, 1.165) is 19.5 Å². The highest BCUT2D eigenvalue weighted by Gasteiger charge is 2.04. The third-order valence-corrected chi connectivity index (χ3v) is 1.80. The van der Waals surface area contributed by atoms with Gasteiger partial charge < -0.3 is 20.1 Å². The Bertz CT molecular complexity index is 110. The molecule has 1 atom stereocenters. The highest BCUT2D eigenvalue weighted by molar-refractivity contribution is 4.64. The number of aliphatic hydroxyl groups is 1. The second-order valence-corrected chi connectivity index (χ2v) is 3.45. The van der Waals surface area contributed by atoms with Crippen molar-refractivity contribution in [3.8, 4) is 0 Å². The van der Waals surface area contributed by atoms with Gasteiger partial charge in [-0.1, -0.05) is 0 Å². The van der Waals surface area contributed by atoms with E-state index >= 15 is 0 Å². The van der Waals surface area contributed by atoms with Gasteiger partial charge in [-0.25, -0.2) is 0 Å². The number of nitrogens with zero attached hydrogens (tertiary/aromatic N) is 1. The largest absolute Gasteiger partial charge is 0.395 e. The molecule has 0 aliphatic carbocycles. The Labute approximate surface area is 80.9 Å². The fourth-order valence-corrected chi connectivity index (χ4v) is 1.08. The van der Waals surface area contributed by atoms with Gasteiger partial charge in [0.25, 0.3) is 0 Å². The molecule has 4 nitrogen and oxygen atoms in total. The minimum atomic E-state index is 0.0761. The lowest BCUT2D eigenvalue weighted by Gasteiger charge is -2.16. The number of hydrogen-bond donors (Lipinski definition) is 2. The van der Waals surface area contributed by atoms with Crippen molar-refractivity contribution in [1.82, 2.24) is 10.2 Å². The third kappa shape index (κ3) is 8.18. The maximum absolute atomic E-state index is 8.91. The van der Waals surface area contributed by atoms with Crippen molar-refractivity contribution < 1.29 is 9.84 Å². The average Bonchev–Trinajstić information content (AvgIpc) is 2.10. The van der Waals surface area contributed by atoms with E-state index in [1.807, 2.05) is 0 Å². The molecule has 0 aromatic rings. The molecule has 0 aliphatic heterocycles. The summed E-state index contributed by atoms with van der Waals surface area (Å²) in [5, 5.41) is 12.1. The molecule has 0 bridgehead atoms. The van der Waals surface area contributed by atoms with Gasteiger partial charge in [0.15, 0.2) is 0 Å². The molecule has 0 amide bonds. The first-order valence-corrected chi connectivity index (χ1v) is 4.68. The molecule has 0 rings (SSSR count). The van der Waals surface area contributed by atoms with Crippen molar-refractivity contribution in [2.45, 2.75) is 12.5 Å². The van der Waals surface area contributed by atoms with Gasteiger partial charge in [-0.2, -0.15) is 0 Å². The summed E-state index contributed by atoms with van der Waals surface area (Å²) in [6.45, 7) is 2.69. The monoisotopic (exact) mass is 190 g/mol. The summed E-state index contributed by atoms with van der Waals surface area (Å²) in [5.74, 6) is 0. The number of methoxy groups -OCH3 is 1. The molecular weight excluding hydrogens is 168 g/mol. The highest BCUT2D eigenvalue weighted by atomic mass is 16.5. The maximum atomic E-state index is 8.91. The zero-order valence-corrected chi connectivity index (χ0v) is 8.92. The molecule has 0 spiro atoms. The van der Waals surface area contributed by atoms with Crippen molar-refractivity contribution in [3.63, 3.8) is 0 Å². The standard InChI is InChI=1S/C9H22N2O2/c1-11(2)6-4-5-10-9(7-12)8-13-3/h9-10,12H,4-8H2,1-3H3. The minimum Gasteiger partial charge on any atom is -0.395 e. The van der Waals surface area contributed by atoms with Crippen LogP contribution in [0.3, 0.4) is 0 Å². The van der Waals surface area contributed by atoms with Crippen LogP contribution in [0.15, 0.2) is 0 Å². The second kappa shape index (κ2) is 8.44. The molecule has 2 N–H and O–H groups in total. The lowest BCUT2D eigenvalue weighted by Crippen LogP contribution is -2.37. The van der Waals surface area contributed by atoms with E-state index in [4.69, 9.17) is 9.84 Å². The SMILES string of the molecule is COCC(CO)NCCCN(C)C. The van der Waals surface area contributed by atoms with Crippen LogP contribution < -0.4 is 5.32 Å². The lowest BCUT2D eigenvalue weighted by atomic mass is 10.3. The number of ether oxygens (including phenoxy) is 1. The summed E-state index contributed by atoms with van der Waals surface area (Å²) < 4.78 is 4.94. The van der Waals surface area contributed by atoms with Crippen molar-refractivity contribution in [3.05, 3.63) is 0 Å². The van der Waals surface area contributed by atoms with Crippen LogP contribution in [0.4, 0.5) is 0 Å². The average molecular weight is 190 g/mol. The molecule has 0 fully saturated rings. The van der Waals surface area contributed by atoms with Crippen molar-refractivity contribution in [2.75, 3.05) is 47.5 Å². The van der Waals surface area contributed by atoms with Gasteiger partial charge in [0.2, 0.25) is 0 Å². The lowest BCUT2D eigenvalue weighted by molar-refractivity contribution is 0.128. The molecule has 0 saturated heterocycles. The van der Waals surface area contributed by atoms with Gasteiger partial charge in [-0.15, -0.1) is 0 Å². The number of nitrogens with one attached hydrogen (secondary N) is 1. The van der Waals surface area contributed by atoms with Crippen LogP contribution in [0.2, 0.25) is 0 Å². The highest BCUT2D eigenvalue weighted by Crippen LogP contribution is 1.86. The minimum absolute atomic E-state index is 0.0761. The van der Waals surface area contributed by atoms with Crippen LogP contribution in [0.25, 0.3) is 0 Å². The molecule has 4 heteroatoms. The van der Waals surface area contributed by atoms with Crippen LogP contribution in [0, 0.1) is 0 Å². The predicted molar refractivity (Wildman–Crippen MR) is 53.9 cm³/mol. The summed E-state index contributed by atoms with van der Waals surface area (Å²) in [4.78, 5) is 2.14. The quantitative estimate of drug-likeness (QED) is 0.508. The summed E-state index contributed by atoms with van der Waals surface area (Å²) in [6, 6.07) is 0.0761. The van der Waals surface area contributed by atoms with E-state index in [0.29, 0.717) is 6.61 Å². The molecule has 1 unspecified atom stereocenters. The zero-order chi connectivity index (χ0) is 10.1. The van der Waals surface area contributed by atoms with Gasteiger partial charge in [0.05, 0.1) is 19.3 Å². The van der Waals surface area contributed by atoms with Crippen LogP contribution >= 0.6 is 0 Å². The summed E-state index contributed by atoms with van der Waals surface area (Å²) >= 11 is 0. The molecule has 0 saturated carbocycles. The predicted octanol–water partition coefficient (Wildman–Crippen LogP) is -0.465. The van der Waals surface area contributed by atoms with Crippen LogP contribution in [0.5, 0.6) is 0 Å². The molecular formula is C9H22N2O2. The third-order valence-electron chi connectivity index (χ3n) is 1.80. The first kappa shape index (κ1) is 12.8. The van der Waals surface area contributed by atoms with Crippen molar-refractivity contribution >= 4 is 0 Å². The summed E-state index contributed by atoms with van der Waals surface area (Å²) in [6.07, 6.45) is 1.09. The zero-order valence-electron chi connectivity index (χ0n) is 8.92. The Morgan fingerprint density at radius 2 is 2.15 bits per heavy atom. The van der Waals surface area contributed by atoms with Gasteiger partial charge in [0.1, 0.15) is 0 Å². The molecule has 0 aromatic heterocycles. The van der Waals surface area contributed by atoms with Gasteiger partial charge in [-0.05, 0) is 33.6 Å². The second-order valence-electron chi connectivity index (χ2n) is 3.45. The van der Waals surface area contributed by atoms with E-state index < -0.39 is 0 Å². The summed E-state index contributed by atoms with van der Waals surface area (Å²) in [5.41, 5.74) is 0. The maximum Gasteiger partial charge on any atom is 0.0638 e. The molecule has 0 aliphatic rings. The topological polar surface area (TPSA) is 44.7 Å². The van der Waals surface area contributed by atoms with E-state index in [1.54, 1.807) is 7.11 Å². The Morgan fingerprint density at radius 1 is 1.46 bits per heavy atom. The number of aliphatic hydroxyl groups excluding tert-OH is 1. The normalized spacial score (nSPS) is 13.6. The van der Waals surface area contributed by atoms with E-state index in [1.165, 1.54) is 0 Å². The summed E-state index contributed by atoms with van der Waals surface area (Å²) in [7, 11) is 5.75. The van der Waals surface area contributed by atoms with Gasteiger partial charge in [-0.3, -0.25) is 0 Å². The smallest absolute Gasteiger partial charge is 0.0638 e. The van der Waals surface area contributed by atoms with Gasteiger partial charge in [0, 0.05) is 7.11 Å².